The largest absolute Gasteiger partial charge is 0.443 e. The molecule has 0 spiro atoms. The second kappa shape index (κ2) is 6.35. The summed E-state index contributed by atoms with van der Waals surface area (Å²) in [5.41, 5.74) is -3.51. The lowest BCUT2D eigenvalue weighted by Gasteiger charge is -2.48. The lowest BCUT2D eigenvalue weighted by Crippen LogP contribution is -2.57. The predicted octanol–water partition coefficient (Wildman–Crippen LogP) is 4.08. The summed E-state index contributed by atoms with van der Waals surface area (Å²) in [6, 6.07) is 16.0. The van der Waals surface area contributed by atoms with Crippen molar-refractivity contribution in [2.24, 2.45) is 16.7 Å². The minimum atomic E-state index is -2.14. The van der Waals surface area contributed by atoms with Gasteiger partial charge in [-0.2, -0.15) is 15.8 Å². The second-order valence-electron chi connectivity index (χ2n) is 7.33. The number of nitrogens with one attached hydrogen (secondary N) is 1. The molecule has 0 amide bonds. The summed E-state index contributed by atoms with van der Waals surface area (Å²) >= 11 is 0. The van der Waals surface area contributed by atoms with Crippen molar-refractivity contribution in [3.63, 3.8) is 0 Å². The summed E-state index contributed by atoms with van der Waals surface area (Å²) in [5, 5.41) is 38.8. The van der Waals surface area contributed by atoms with Crippen LogP contribution in [0.15, 0.2) is 48.5 Å². The first-order valence-corrected chi connectivity index (χ1v) is 9.02. The average Bonchev–Trinajstić information content (AvgIpc) is 2.91. The summed E-state index contributed by atoms with van der Waals surface area (Å²) in [6.45, 7) is 1.55. The van der Waals surface area contributed by atoms with Crippen molar-refractivity contribution < 1.29 is 18.3 Å². The predicted molar refractivity (Wildman–Crippen MR) is 98.0 cm³/mol. The van der Waals surface area contributed by atoms with E-state index in [1.807, 2.05) is 18.2 Å². The molecule has 4 atom stereocenters. The molecule has 2 bridgehead atoms. The first-order valence-electron chi connectivity index (χ1n) is 9.02. The molecule has 6 nitrogen and oxygen atoms in total. The van der Waals surface area contributed by atoms with Crippen LogP contribution in [0.5, 0.6) is 0 Å². The number of hydrogen-bond donors (Lipinski definition) is 1. The van der Waals surface area contributed by atoms with Crippen molar-refractivity contribution in [3.8, 4) is 18.2 Å². The Kier molecular flexibility index (Phi) is 4.13. The zero-order valence-electron chi connectivity index (χ0n) is 15.7. The van der Waals surface area contributed by atoms with E-state index in [0.717, 1.165) is 12.1 Å². The van der Waals surface area contributed by atoms with Crippen molar-refractivity contribution in [2.75, 3.05) is 0 Å². The monoisotopic (exact) mass is 404 g/mol. The van der Waals surface area contributed by atoms with Crippen LogP contribution in [-0.2, 0) is 15.3 Å². The molecular formula is C22H14F2N4O2. The van der Waals surface area contributed by atoms with Gasteiger partial charge in [0.1, 0.15) is 17.7 Å². The third-order valence-corrected chi connectivity index (χ3v) is 6.09. The first kappa shape index (κ1) is 19.5. The van der Waals surface area contributed by atoms with E-state index in [-0.39, 0.29) is 5.56 Å². The quantitative estimate of drug-likeness (QED) is 0.810. The van der Waals surface area contributed by atoms with Gasteiger partial charge in [0.25, 0.3) is 0 Å². The summed E-state index contributed by atoms with van der Waals surface area (Å²) in [5.74, 6) is -4.27. The molecule has 2 heterocycles. The van der Waals surface area contributed by atoms with Gasteiger partial charge >= 0.3 is 0 Å². The third-order valence-electron chi connectivity index (χ3n) is 6.09. The minimum Gasteiger partial charge on any atom is -0.443 e. The summed E-state index contributed by atoms with van der Waals surface area (Å²) in [6.07, 6.45) is -1.34. The molecule has 0 saturated carbocycles. The molecule has 2 aliphatic heterocycles. The number of rotatable bonds is 2. The van der Waals surface area contributed by atoms with Gasteiger partial charge in [0, 0.05) is 5.56 Å². The zero-order chi connectivity index (χ0) is 21.7. The third kappa shape index (κ3) is 2.13. The molecule has 4 rings (SSSR count). The second-order valence-corrected chi connectivity index (χ2v) is 7.33. The number of ether oxygens (including phenoxy) is 2. The molecule has 0 aromatic heterocycles. The van der Waals surface area contributed by atoms with E-state index >= 15 is 0 Å². The fraction of sp³-hybridized carbons (Fsp3) is 0.273. The van der Waals surface area contributed by atoms with Crippen LogP contribution in [0.1, 0.15) is 24.2 Å². The summed E-state index contributed by atoms with van der Waals surface area (Å²) in [4.78, 5) is 0. The maximum atomic E-state index is 13.5. The van der Waals surface area contributed by atoms with E-state index in [1.54, 1.807) is 6.92 Å². The van der Waals surface area contributed by atoms with E-state index < -0.39 is 46.2 Å². The standard InChI is InChI=1S/C22H14F2N4O2/c1-13-21(12-27)19(28)30-22(13,15-4-8-17(24)9-5-15)29-18(20(21,10-25)11-26)14-2-6-16(23)7-3-14/h2-9,13,18,28H,1H3. The summed E-state index contributed by atoms with van der Waals surface area (Å²) in [7, 11) is 0. The Hall–Kier alpha value is -3.80. The SMILES string of the molecule is CC1C2(c3ccc(F)cc3)OC(=N)C1(C#N)C(C#N)(C#N)C(c1ccc(F)cc1)O2. The normalized spacial score (nSPS) is 31.1. The molecule has 2 aromatic rings. The lowest BCUT2D eigenvalue weighted by molar-refractivity contribution is -0.288. The van der Waals surface area contributed by atoms with Gasteiger partial charge in [-0.3, -0.25) is 5.41 Å². The van der Waals surface area contributed by atoms with Crippen molar-refractivity contribution in [3.05, 3.63) is 71.3 Å². The maximum Gasteiger partial charge on any atom is 0.244 e. The molecule has 8 heteroatoms. The van der Waals surface area contributed by atoms with E-state index in [4.69, 9.17) is 14.9 Å². The van der Waals surface area contributed by atoms with Crippen molar-refractivity contribution >= 4 is 5.90 Å². The number of nitrogens with zero attached hydrogens (tertiary/aromatic N) is 3. The van der Waals surface area contributed by atoms with Crippen LogP contribution in [0.3, 0.4) is 0 Å². The van der Waals surface area contributed by atoms with Crippen LogP contribution in [0.2, 0.25) is 0 Å². The molecule has 148 valence electrons. The molecule has 0 radical (unpaired) electrons. The average molecular weight is 404 g/mol. The van der Waals surface area contributed by atoms with Crippen LogP contribution in [0, 0.1) is 67.8 Å². The van der Waals surface area contributed by atoms with Gasteiger partial charge in [-0.05, 0) is 42.0 Å². The molecule has 2 aromatic carbocycles. The van der Waals surface area contributed by atoms with Crippen LogP contribution < -0.4 is 0 Å². The fourth-order valence-electron chi connectivity index (χ4n) is 4.49. The molecule has 0 aliphatic carbocycles. The summed E-state index contributed by atoms with van der Waals surface area (Å²) < 4.78 is 39.0. The Balaban J connectivity index is 2.03. The van der Waals surface area contributed by atoms with Gasteiger partial charge in [0.05, 0.1) is 24.1 Å². The Bertz CT molecular complexity index is 1150. The van der Waals surface area contributed by atoms with Crippen molar-refractivity contribution in [1.82, 2.24) is 0 Å². The molecular weight excluding hydrogens is 390 g/mol. The number of nitriles is 3. The number of benzene rings is 2. The highest BCUT2D eigenvalue weighted by molar-refractivity contribution is 5.89. The van der Waals surface area contributed by atoms with Gasteiger partial charge in [0.2, 0.25) is 17.1 Å². The van der Waals surface area contributed by atoms with Gasteiger partial charge in [0.15, 0.2) is 5.41 Å². The van der Waals surface area contributed by atoms with Crippen molar-refractivity contribution in [2.45, 2.75) is 18.8 Å². The molecule has 1 N–H and O–H groups in total. The molecule has 30 heavy (non-hydrogen) atoms. The first-order chi connectivity index (χ1) is 14.3. The van der Waals surface area contributed by atoms with Crippen LogP contribution >= 0.6 is 0 Å². The van der Waals surface area contributed by atoms with Gasteiger partial charge in [-0.15, -0.1) is 0 Å². The number of hydrogen-bond acceptors (Lipinski definition) is 6. The highest BCUT2D eigenvalue weighted by atomic mass is 19.1. The Labute approximate surface area is 171 Å². The smallest absolute Gasteiger partial charge is 0.244 e. The topological polar surface area (TPSA) is 114 Å². The minimum absolute atomic E-state index is 0.274. The molecule has 2 saturated heterocycles. The van der Waals surface area contributed by atoms with Gasteiger partial charge < -0.3 is 9.47 Å². The Morgan fingerprint density at radius 2 is 1.43 bits per heavy atom. The van der Waals surface area contributed by atoms with Crippen LogP contribution in [-0.4, -0.2) is 5.90 Å². The molecule has 2 aliphatic rings. The molecule has 4 unspecified atom stereocenters. The Morgan fingerprint density at radius 3 is 1.93 bits per heavy atom. The van der Waals surface area contributed by atoms with Crippen molar-refractivity contribution in [1.29, 1.82) is 21.2 Å². The van der Waals surface area contributed by atoms with E-state index in [2.05, 4.69) is 0 Å². The highest BCUT2D eigenvalue weighted by Crippen LogP contribution is 2.68. The number of fused-ring (bicyclic) bond motifs is 2. The maximum absolute atomic E-state index is 13.5. The fourth-order valence-corrected chi connectivity index (χ4v) is 4.49. The Morgan fingerprint density at radius 1 is 0.900 bits per heavy atom. The van der Waals surface area contributed by atoms with Crippen LogP contribution in [0.4, 0.5) is 8.78 Å². The lowest BCUT2D eigenvalue weighted by atomic mass is 9.53. The van der Waals surface area contributed by atoms with E-state index in [1.165, 1.54) is 36.4 Å². The molecule has 2 fully saturated rings. The van der Waals surface area contributed by atoms with Crippen LogP contribution in [0.25, 0.3) is 0 Å². The highest BCUT2D eigenvalue weighted by Gasteiger charge is 2.79. The van der Waals surface area contributed by atoms with E-state index in [0.29, 0.717) is 5.56 Å². The van der Waals surface area contributed by atoms with E-state index in [9.17, 15) is 24.6 Å². The van der Waals surface area contributed by atoms with Gasteiger partial charge in [-0.1, -0.05) is 19.1 Å². The number of halogens is 2. The zero-order valence-corrected chi connectivity index (χ0v) is 15.7. The van der Waals surface area contributed by atoms with Gasteiger partial charge in [-0.25, -0.2) is 8.78 Å².